The highest BCUT2D eigenvalue weighted by molar-refractivity contribution is 5.74. The lowest BCUT2D eigenvalue weighted by molar-refractivity contribution is -0.139. The zero-order chi connectivity index (χ0) is 25.7. The highest BCUT2D eigenvalue weighted by Crippen LogP contribution is 2.30. The molecule has 34 heavy (non-hydrogen) atoms. The van der Waals surface area contributed by atoms with Gasteiger partial charge in [-0.3, -0.25) is 4.79 Å². The molecule has 0 aliphatic heterocycles. The Labute approximate surface area is 197 Å². The van der Waals surface area contributed by atoms with Crippen LogP contribution in [-0.2, 0) is 30.2 Å². The normalized spacial score (nSPS) is 12.3. The van der Waals surface area contributed by atoms with Crippen LogP contribution < -0.4 is 14.8 Å². The number of hydrogen-bond acceptors (Lipinski definition) is 11. The molecule has 0 fully saturated rings. The third-order valence-electron chi connectivity index (χ3n) is 3.94. The van der Waals surface area contributed by atoms with E-state index in [0.717, 1.165) is 0 Å². The number of carboxylic acids is 1. The summed E-state index contributed by atoms with van der Waals surface area (Å²) < 4.78 is 29.5. The fourth-order valence-electron chi connectivity index (χ4n) is 2.53. The molecule has 2 N–H and O–H groups in total. The van der Waals surface area contributed by atoms with E-state index >= 15 is 0 Å². The third kappa shape index (κ3) is 10.9. The summed E-state index contributed by atoms with van der Waals surface area (Å²) >= 11 is 0. The van der Waals surface area contributed by atoms with E-state index < -0.39 is 36.6 Å². The molecule has 0 spiro atoms. The van der Waals surface area contributed by atoms with E-state index in [1.54, 1.807) is 34.6 Å². The molecule has 12 nitrogen and oxygen atoms in total. The molecule has 1 rings (SSSR count). The molecule has 1 unspecified atom stereocenters. The number of nitrogens with one attached hydrogen (secondary N) is 1. The summed E-state index contributed by atoms with van der Waals surface area (Å²) in [4.78, 5) is 46.7. The Hall–Kier alpha value is -3.54. The summed E-state index contributed by atoms with van der Waals surface area (Å²) in [5, 5.41) is 12.4. The molecular formula is C22H31NO11. The maximum absolute atomic E-state index is 11.8. The van der Waals surface area contributed by atoms with E-state index in [1.807, 2.05) is 0 Å². The molecule has 190 valence electrons. The Morgan fingerprint density at radius 1 is 0.882 bits per heavy atom. The SMILES string of the molecule is CCOC(=O)Oc1ccc(C[C@H](NCC(C)OC(=O)OC(C)C)C(=O)O)cc1OC(=O)OCC. The minimum absolute atomic E-state index is 0.0304. The van der Waals surface area contributed by atoms with Crippen molar-refractivity contribution < 1.29 is 52.7 Å². The second kappa shape index (κ2) is 14.6. The number of carbonyl (C=O) groups is 4. The van der Waals surface area contributed by atoms with Gasteiger partial charge in [-0.05, 0) is 58.7 Å². The second-order valence-electron chi connectivity index (χ2n) is 7.20. The fraction of sp³-hybridized carbons (Fsp3) is 0.545. The molecule has 1 aromatic carbocycles. The van der Waals surface area contributed by atoms with Gasteiger partial charge in [0.05, 0.1) is 19.3 Å². The Bertz CT molecular complexity index is 840. The van der Waals surface area contributed by atoms with Crippen LogP contribution in [0.25, 0.3) is 0 Å². The molecule has 12 heteroatoms. The van der Waals surface area contributed by atoms with Crippen LogP contribution in [-0.4, -0.2) is 67.6 Å². The van der Waals surface area contributed by atoms with Crippen molar-refractivity contribution in [3.63, 3.8) is 0 Å². The molecule has 0 amide bonds. The molecule has 0 saturated carbocycles. The lowest BCUT2D eigenvalue weighted by Gasteiger charge is -2.19. The van der Waals surface area contributed by atoms with Gasteiger partial charge in [0, 0.05) is 6.54 Å². The van der Waals surface area contributed by atoms with Crippen molar-refractivity contribution in [2.24, 2.45) is 0 Å². The highest BCUT2D eigenvalue weighted by atomic mass is 16.7. The first-order valence-electron chi connectivity index (χ1n) is 10.7. The number of carboxylic acid groups (broad SMARTS) is 1. The van der Waals surface area contributed by atoms with Crippen LogP contribution in [0, 0.1) is 0 Å². The molecule has 0 aromatic heterocycles. The average Bonchev–Trinajstić information content (AvgIpc) is 2.72. The third-order valence-corrected chi connectivity index (χ3v) is 3.94. The number of hydrogen-bond donors (Lipinski definition) is 2. The molecule has 0 heterocycles. The first kappa shape index (κ1) is 28.5. The van der Waals surface area contributed by atoms with Crippen LogP contribution >= 0.6 is 0 Å². The smallest absolute Gasteiger partial charge is 0.480 e. The monoisotopic (exact) mass is 485 g/mol. The van der Waals surface area contributed by atoms with E-state index in [0.29, 0.717) is 5.56 Å². The van der Waals surface area contributed by atoms with Gasteiger partial charge in [-0.2, -0.15) is 0 Å². The minimum Gasteiger partial charge on any atom is -0.480 e. The van der Waals surface area contributed by atoms with Crippen molar-refractivity contribution in [1.82, 2.24) is 5.32 Å². The van der Waals surface area contributed by atoms with Gasteiger partial charge in [-0.25, -0.2) is 14.4 Å². The lowest BCUT2D eigenvalue weighted by Crippen LogP contribution is -2.42. The molecule has 0 aliphatic rings. The summed E-state index contributed by atoms with van der Waals surface area (Å²) in [7, 11) is 0. The standard InChI is InChI=1S/C22H31NO11/c1-6-29-20(26)33-17-9-8-15(11-18(17)34-21(27)30-7-2)10-16(19(24)25)23-12-14(5)32-22(28)31-13(3)4/h8-9,11,13-14,16,23H,6-7,10,12H2,1-5H3,(H,24,25)/t14?,16-/m0/s1. The van der Waals surface area contributed by atoms with Gasteiger partial charge in [0.2, 0.25) is 0 Å². The zero-order valence-corrected chi connectivity index (χ0v) is 19.8. The molecule has 0 radical (unpaired) electrons. The quantitative estimate of drug-likeness (QED) is 0.253. The maximum Gasteiger partial charge on any atom is 0.513 e. The van der Waals surface area contributed by atoms with E-state index in [1.165, 1.54) is 18.2 Å². The van der Waals surface area contributed by atoms with E-state index in [2.05, 4.69) is 5.32 Å². The zero-order valence-electron chi connectivity index (χ0n) is 19.8. The molecular weight excluding hydrogens is 454 g/mol. The molecule has 0 bridgehead atoms. The Morgan fingerprint density at radius 2 is 1.47 bits per heavy atom. The fourth-order valence-corrected chi connectivity index (χ4v) is 2.53. The van der Waals surface area contributed by atoms with Crippen molar-refractivity contribution >= 4 is 24.4 Å². The van der Waals surface area contributed by atoms with Crippen LogP contribution in [0.1, 0.15) is 40.2 Å². The topological polar surface area (TPSA) is 156 Å². The van der Waals surface area contributed by atoms with Crippen LogP contribution in [0.15, 0.2) is 18.2 Å². The van der Waals surface area contributed by atoms with E-state index in [-0.39, 0.29) is 43.8 Å². The van der Waals surface area contributed by atoms with Crippen LogP contribution in [0.2, 0.25) is 0 Å². The van der Waals surface area contributed by atoms with Crippen LogP contribution in [0.3, 0.4) is 0 Å². The lowest BCUT2D eigenvalue weighted by atomic mass is 10.0. The number of rotatable bonds is 12. The summed E-state index contributed by atoms with van der Waals surface area (Å²) in [6, 6.07) is 3.13. The van der Waals surface area contributed by atoms with Gasteiger partial charge in [0.25, 0.3) is 0 Å². The molecule has 1 aromatic rings. The highest BCUT2D eigenvalue weighted by Gasteiger charge is 2.22. The van der Waals surface area contributed by atoms with Gasteiger partial charge < -0.3 is 38.8 Å². The van der Waals surface area contributed by atoms with Gasteiger partial charge in [-0.15, -0.1) is 0 Å². The van der Waals surface area contributed by atoms with Crippen molar-refractivity contribution in [2.45, 2.75) is 59.3 Å². The van der Waals surface area contributed by atoms with Crippen molar-refractivity contribution in [1.29, 1.82) is 0 Å². The average molecular weight is 485 g/mol. The summed E-state index contributed by atoms with van der Waals surface area (Å²) in [5.41, 5.74) is 0.447. The van der Waals surface area contributed by atoms with Gasteiger partial charge >= 0.3 is 24.4 Å². The Morgan fingerprint density at radius 3 is 2.00 bits per heavy atom. The first-order chi connectivity index (χ1) is 16.0. The van der Waals surface area contributed by atoms with Crippen LogP contribution in [0.5, 0.6) is 11.5 Å². The van der Waals surface area contributed by atoms with Gasteiger partial charge in [-0.1, -0.05) is 6.07 Å². The van der Waals surface area contributed by atoms with Crippen molar-refractivity contribution in [3.05, 3.63) is 23.8 Å². The first-order valence-corrected chi connectivity index (χ1v) is 10.7. The molecule has 0 saturated heterocycles. The molecule has 0 aliphatic carbocycles. The minimum atomic E-state index is -1.16. The van der Waals surface area contributed by atoms with Gasteiger partial charge in [0.1, 0.15) is 12.1 Å². The Balaban J connectivity index is 2.92. The predicted octanol–water partition coefficient (Wildman–Crippen LogP) is 3.29. The Kier molecular flexibility index (Phi) is 12.2. The number of benzene rings is 1. The van der Waals surface area contributed by atoms with Crippen molar-refractivity contribution in [2.75, 3.05) is 19.8 Å². The summed E-state index contributed by atoms with van der Waals surface area (Å²) in [5.74, 6) is -1.42. The van der Waals surface area contributed by atoms with Crippen molar-refractivity contribution in [3.8, 4) is 11.5 Å². The predicted molar refractivity (Wildman–Crippen MR) is 117 cm³/mol. The number of ether oxygens (including phenoxy) is 6. The molecule has 2 atom stereocenters. The maximum atomic E-state index is 11.8. The van der Waals surface area contributed by atoms with Gasteiger partial charge in [0.15, 0.2) is 11.5 Å². The summed E-state index contributed by atoms with van der Waals surface area (Å²) in [6.07, 6.45) is -3.91. The number of carbonyl (C=O) groups excluding carboxylic acids is 3. The number of aliphatic carboxylic acids is 1. The van der Waals surface area contributed by atoms with E-state index in [4.69, 9.17) is 28.4 Å². The van der Waals surface area contributed by atoms with Crippen LogP contribution in [0.4, 0.5) is 14.4 Å². The largest absolute Gasteiger partial charge is 0.513 e. The summed E-state index contributed by atoms with van der Waals surface area (Å²) in [6.45, 7) is 8.29. The second-order valence-corrected chi connectivity index (χ2v) is 7.20. The van der Waals surface area contributed by atoms with E-state index in [9.17, 15) is 24.3 Å².